The van der Waals surface area contributed by atoms with Gasteiger partial charge >= 0.3 is 0 Å². The molecule has 0 bridgehead atoms. The minimum atomic E-state index is -3.33. The number of amides is 1. The van der Waals surface area contributed by atoms with Gasteiger partial charge in [0.05, 0.1) is 6.26 Å². The van der Waals surface area contributed by atoms with E-state index >= 15 is 0 Å². The van der Waals surface area contributed by atoms with E-state index in [2.05, 4.69) is 22.4 Å². The molecule has 6 nitrogen and oxygen atoms in total. The third kappa shape index (κ3) is 4.81. The van der Waals surface area contributed by atoms with Crippen LogP contribution in [-0.4, -0.2) is 80.0 Å². The third-order valence-corrected chi connectivity index (χ3v) is 7.33. The van der Waals surface area contributed by atoms with Crippen LogP contribution < -0.4 is 0 Å². The van der Waals surface area contributed by atoms with Gasteiger partial charge < -0.3 is 4.90 Å². The van der Waals surface area contributed by atoms with Gasteiger partial charge in [-0.15, -0.1) is 11.3 Å². The molecule has 2 saturated heterocycles. The molecular weight excluding hydrogens is 358 g/mol. The lowest BCUT2D eigenvalue weighted by molar-refractivity contribution is -0.138. The summed E-state index contributed by atoms with van der Waals surface area (Å²) >= 11 is 1.78. The van der Waals surface area contributed by atoms with Crippen molar-refractivity contribution in [1.82, 2.24) is 14.1 Å². The number of sulfonamides is 1. The van der Waals surface area contributed by atoms with Crippen LogP contribution in [0.2, 0.25) is 0 Å². The van der Waals surface area contributed by atoms with Crippen LogP contribution >= 0.6 is 11.3 Å². The van der Waals surface area contributed by atoms with Crippen LogP contribution in [-0.2, 0) is 21.2 Å². The zero-order chi connectivity index (χ0) is 17.9. The van der Waals surface area contributed by atoms with Gasteiger partial charge in [0.2, 0.25) is 15.9 Å². The topological polar surface area (TPSA) is 60.9 Å². The van der Waals surface area contributed by atoms with Gasteiger partial charge in [-0.1, -0.05) is 12.5 Å². The first kappa shape index (κ1) is 18.8. The molecule has 0 aromatic carbocycles. The van der Waals surface area contributed by atoms with Gasteiger partial charge in [0.15, 0.2) is 0 Å². The van der Waals surface area contributed by atoms with E-state index in [9.17, 15) is 13.2 Å². The maximum absolute atomic E-state index is 12.9. The number of piperazine rings is 1. The van der Waals surface area contributed by atoms with Crippen molar-refractivity contribution in [2.75, 3.05) is 45.5 Å². The molecule has 2 aliphatic rings. The number of piperidine rings is 1. The molecule has 25 heavy (non-hydrogen) atoms. The molecular formula is C17H27N3O3S2. The molecule has 0 N–H and O–H groups in total. The highest BCUT2D eigenvalue weighted by Crippen LogP contribution is 2.22. The van der Waals surface area contributed by atoms with Crippen molar-refractivity contribution in [3.05, 3.63) is 22.4 Å². The van der Waals surface area contributed by atoms with E-state index in [1.165, 1.54) is 15.4 Å². The molecule has 3 heterocycles. The molecule has 0 spiro atoms. The number of rotatable bonds is 5. The van der Waals surface area contributed by atoms with Crippen LogP contribution in [0.5, 0.6) is 0 Å². The second kappa shape index (κ2) is 8.16. The summed E-state index contributed by atoms with van der Waals surface area (Å²) < 4.78 is 25.4. The van der Waals surface area contributed by atoms with Crippen molar-refractivity contribution in [2.45, 2.75) is 31.7 Å². The number of hydrogen-bond donors (Lipinski definition) is 0. The second-order valence-corrected chi connectivity index (χ2v) is 9.85. The van der Waals surface area contributed by atoms with Crippen LogP contribution in [0.25, 0.3) is 0 Å². The van der Waals surface area contributed by atoms with Crippen LogP contribution in [0.3, 0.4) is 0 Å². The highest BCUT2D eigenvalue weighted by molar-refractivity contribution is 7.88. The first-order valence-corrected chi connectivity index (χ1v) is 11.7. The summed E-state index contributed by atoms with van der Waals surface area (Å²) in [5.74, 6) is -0.0111. The Morgan fingerprint density at radius 2 is 1.96 bits per heavy atom. The molecule has 1 atom stereocenters. The average molecular weight is 386 g/mol. The Hall–Kier alpha value is -0.960. The summed E-state index contributed by atoms with van der Waals surface area (Å²) in [5, 5.41) is 2.10. The SMILES string of the molecule is CS(=O)(=O)N1CCCCC1C(=O)N1CCN(CCc2cccs2)CC1. The molecule has 0 aliphatic carbocycles. The van der Waals surface area contributed by atoms with E-state index in [-0.39, 0.29) is 5.91 Å². The molecule has 1 aromatic heterocycles. The van der Waals surface area contributed by atoms with Crippen LogP contribution in [0, 0.1) is 0 Å². The molecule has 2 fully saturated rings. The van der Waals surface area contributed by atoms with Gasteiger partial charge in [-0.25, -0.2) is 8.42 Å². The van der Waals surface area contributed by atoms with E-state index in [1.54, 1.807) is 11.3 Å². The summed E-state index contributed by atoms with van der Waals surface area (Å²) in [6, 6.07) is 3.74. The summed E-state index contributed by atoms with van der Waals surface area (Å²) in [6.45, 7) is 4.59. The highest BCUT2D eigenvalue weighted by atomic mass is 32.2. The van der Waals surface area contributed by atoms with Gasteiger partial charge in [-0.3, -0.25) is 9.69 Å². The van der Waals surface area contributed by atoms with Crippen molar-refractivity contribution in [2.24, 2.45) is 0 Å². The number of carbonyl (C=O) groups excluding carboxylic acids is 1. The lowest BCUT2D eigenvalue weighted by Crippen LogP contribution is -2.57. The largest absolute Gasteiger partial charge is 0.339 e. The minimum Gasteiger partial charge on any atom is -0.339 e. The Morgan fingerprint density at radius 3 is 2.60 bits per heavy atom. The summed E-state index contributed by atoms with van der Waals surface area (Å²) in [5.41, 5.74) is 0. The molecule has 1 amide bonds. The fraction of sp³-hybridized carbons (Fsp3) is 0.706. The Labute approximate surface area is 154 Å². The monoisotopic (exact) mass is 385 g/mol. The van der Waals surface area contributed by atoms with Crippen LogP contribution in [0.15, 0.2) is 17.5 Å². The van der Waals surface area contributed by atoms with Gasteiger partial charge in [-0.2, -0.15) is 4.31 Å². The van der Waals surface area contributed by atoms with Crippen molar-refractivity contribution in [1.29, 1.82) is 0 Å². The fourth-order valence-electron chi connectivity index (χ4n) is 3.67. The molecule has 2 aliphatic heterocycles. The van der Waals surface area contributed by atoms with Gasteiger partial charge in [0.1, 0.15) is 6.04 Å². The Kier molecular flexibility index (Phi) is 6.14. The molecule has 0 radical (unpaired) electrons. The van der Waals surface area contributed by atoms with Crippen molar-refractivity contribution >= 4 is 27.3 Å². The van der Waals surface area contributed by atoms with Crippen molar-refractivity contribution in [3.8, 4) is 0 Å². The van der Waals surface area contributed by atoms with E-state index in [1.807, 2.05) is 4.90 Å². The van der Waals surface area contributed by atoms with Gasteiger partial charge in [0.25, 0.3) is 0 Å². The number of hydrogen-bond acceptors (Lipinski definition) is 5. The summed E-state index contributed by atoms with van der Waals surface area (Å²) in [6.07, 6.45) is 4.66. The maximum Gasteiger partial charge on any atom is 0.241 e. The highest BCUT2D eigenvalue weighted by Gasteiger charge is 2.37. The minimum absolute atomic E-state index is 0.0111. The van der Waals surface area contributed by atoms with Crippen molar-refractivity contribution < 1.29 is 13.2 Å². The Morgan fingerprint density at radius 1 is 1.20 bits per heavy atom. The zero-order valence-electron chi connectivity index (χ0n) is 14.8. The zero-order valence-corrected chi connectivity index (χ0v) is 16.4. The molecule has 0 saturated carbocycles. The van der Waals surface area contributed by atoms with E-state index in [0.717, 1.165) is 38.9 Å². The predicted molar refractivity (Wildman–Crippen MR) is 100 cm³/mol. The number of nitrogens with zero attached hydrogens (tertiary/aromatic N) is 3. The fourth-order valence-corrected chi connectivity index (χ4v) is 5.49. The van der Waals surface area contributed by atoms with E-state index < -0.39 is 16.1 Å². The number of thiophene rings is 1. The normalized spacial score (nSPS) is 23.7. The van der Waals surface area contributed by atoms with Crippen molar-refractivity contribution in [3.63, 3.8) is 0 Å². The average Bonchev–Trinajstić information content (AvgIpc) is 3.13. The number of carbonyl (C=O) groups is 1. The Balaban J connectivity index is 1.52. The quantitative estimate of drug-likeness (QED) is 0.765. The molecule has 140 valence electrons. The van der Waals surface area contributed by atoms with E-state index in [0.29, 0.717) is 26.1 Å². The van der Waals surface area contributed by atoms with Crippen LogP contribution in [0.1, 0.15) is 24.1 Å². The summed E-state index contributed by atoms with van der Waals surface area (Å²) in [7, 11) is -3.33. The first-order valence-electron chi connectivity index (χ1n) is 8.95. The standard InChI is InChI=1S/C17H27N3O3S2/c1-25(22,23)20-8-3-2-6-16(20)17(21)19-12-10-18(11-13-19)9-7-15-5-4-14-24-15/h4-5,14,16H,2-3,6-13H2,1H3. The third-order valence-electron chi connectivity index (χ3n) is 5.10. The molecule has 3 rings (SSSR count). The predicted octanol–water partition coefficient (Wildman–Crippen LogP) is 1.25. The lowest BCUT2D eigenvalue weighted by Gasteiger charge is -2.39. The smallest absolute Gasteiger partial charge is 0.241 e. The van der Waals surface area contributed by atoms with Crippen LogP contribution in [0.4, 0.5) is 0 Å². The van der Waals surface area contributed by atoms with Gasteiger partial charge in [0, 0.05) is 44.1 Å². The second-order valence-electron chi connectivity index (χ2n) is 6.88. The molecule has 8 heteroatoms. The molecule has 1 aromatic rings. The summed E-state index contributed by atoms with van der Waals surface area (Å²) in [4.78, 5) is 18.5. The van der Waals surface area contributed by atoms with E-state index in [4.69, 9.17) is 0 Å². The first-order chi connectivity index (χ1) is 11.9. The lowest BCUT2D eigenvalue weighted by atomic mass is 10.0. The molecule has 1 unspecified atom stereocenters. The van der Waals surface area contributed by atoms with Gasteiger partial charge in [-0.05, 0) is 30.7 Å². The maximum atomic E-state index is 12.9. The Bertz CT molecular complexity index is 667.